The third-order valence-corrected chi connectivity index (χ3v) is 6.10. The van der Waals surface area contributed by atoms with Crippen molar-refractivity contribution in [2.24, 2.45) is 17.6 Å². The second kappa shape index (κ2) is 7.25. The molecule has 0 bridgehead atoms. The number of likely N-dealkylation sites (tertiary alicyclic amines) is 1. The molecule has 1 saturated carbocycles. The zero-order chi connectivity index (χ0) is 18.1. The molecule has 1 aromatic carbocycles. The molecular formula is C19H23N3O3S. The average molecular weight is 373 g/mol. The van der Waals surface area contributed by atoms with Gasteiger partial charge in [-0.15, -0.1) is 11.3 Å². The van der Waals surface area contributed by atoms with Crippen molar-refractivity contribution in [3.8, 4) is 11.5 Å². The van der Waals surface area contributed by atoms with E-state index < -0.39 is 0 Å². The Bertz CT molecular complexity index is 780. The van der Waals surface area contributed by atoms with Gasteiger partial charge in [-0.05, 0) is 42.9 Å². The van der Waals surface area contributed by atoms with E-state index >= 15 is 0 Å². The molecule has 1 saturated heterocycles. The first kappa shape index (κ1) is 17.3. The maximum Gasteiger partial charge on any atom is 0.254 e. The van der Waals surface area contributed by atoms with Gasteiger partial charge in [0.2, 0.25) is 0 Å². The van der Waals surface area contributed by atoms with Crippen molar-refractivity contribution in [3.63, 3.8) is 0 Å². The highest BCUT2D eigenvalue weighted by atomic mass is 32.1. The van der Waals surface area contributed by atoms with Crippen LogP contribution < -0.4 is 15.2 Å². The smallest absolute Gasteiger partial charge is 0.254 e. The summed E-state index contributed by atoms with van der Waals surface area (Å²) in [5, 5.41) is 1.94. The molecule has 1 aliphatic carbocycles. The van der Waals surface area contributed by atoms with Crippen molar-refractivity contribution in [1.82, 2.24) is 9.88 Å². The van der Waals surface area contributed by atoms with Crippen LogP contribution in [0, 0.1) is 11.8 Å². The Balaban J connectivity index is 1.46. The molecule has 3 unspecified atom stereocenters. The number of nitrogens with zero attached hydrogens (tertiary/aromatic N) is 2. The molecule has 138 valence electrons. The number of benzene rings is 1. The van der Waals surface area contributed by atoms with Gasteiger partial charge < -0.3 is 20.1 Å². The van der Waals surface area contributed by atoms with Gasteiger partial charge in [-0.25, -0.2) is 4.98 Å². The molecule has 6 nitrogen and oxygen atoms in total. The van der Waals surface area contributed by atoms with Crippen molar-refractivity contribution >= 4 is 17.2 Å². The number of aromatic nitrogens is 1. The SMILES string of the molecule is COc1cc(C(=O)N2CC3CCC(N)C3C2)ccc1OCc1cscn1. The lowest BCUT2D eigenvalue weighted by Crippen LogP contribution is -2.33. The highest BCUT2D eigenvalue weighted by molar-refractivity contribution is 7.07. The van der Waals surface area contributed by atoms with Crippen molar-refractivity contribution in [2.45, 2.75) is 25.5 Å². The molecule has 1 amide bonds. The summed E-state index contributed by atoms with van der Waals surface area (Å²) in [6.07, 6.45) is 2.21. The number of hydrogen-bond donors (Lipinski definition) is 1. The lowest BCUT2D eigenvalue weighted by atomic mass is 9.98. The Morgan fingerprint density at radius 1 is 1.35 bits per heavy atom. The van der Waals surface area contributed by atoms with Crippen LogP contribution in [0.4, 0.5) is 0 Å². The lowest BCUT2D eigenvalue weighted by molar-refractivity contribution is 0.0779. The largest absolute Gasteiger partial charge is 0.493 e. The van der Waals surface area contributed by atoms with Crippen LogP contribution >= 0.6 is 11.3 Å². The fourth-order valence-electron chi connectivity index (χ4n) is 4.04. The third-order valence-electron chi connectivity index (χ3n) is 5.47. The minimum absolute atomic E-state index is 0.0379. The number of thiazole rings is 1. The number of ether oxygens (including phenoxy) is 2. The summed E-state index contributed by atoms with van der Waals surface area (Å²) in [4.78, 5) is 19.0. The number of hydrogen-bond acceptors (Lipinski definition) is 6. The predicted octanol–water partition coefficient (Wildman–Crippen LogP) is 2.54. The highest BCUT2D eigenvalue weighted by Crippen LogP contribution is 2.38. The van der Waals surface area contributed by atoms with Gasteiger partial charge in [0.25, 0.3) is 5.91 Å². The van der Waals surface area contributed by atoms with Crippen molar-refractivity contribution in [3.05, 3.63) is 40.3 Å². The molecule has 1 aromatic heterocycles. The summed E-state index contributed by atoms with van der Waals surface area (Å²) < 4.78 is 11.2. The summed E-state index contributed by atoms with van der Waals surface area (Å²) in [5.74, 6) is 2.20. The quantitative estimate of drug-likeness (QED) is 0.871. The van der Waals surface area contributed by atoms with E-state index in [1.807, 2.05) is 10.3 Å². The molecule has 26 heavy (non-hydrogen) atoms. The maximum atomic E-state index is 12.9. The van der Waals surface area contributed by atoms with Gasteiger partial charge in [0.05, 0.1) is 18.3 Å². The van der Waals surface area contributed by atoms with Gasteiger partial charge in [0.15, 0.2) is 11.5 Å². The summed E-state index contributed by atoms with van der Waals surface area (Å²) in [6.45, 7) is 1.94. The number of methoxy groups -OCH3 is 1. The van der Waals surface area contributed by atoms with Gasteiger partial charge in [0.1, 0.15) is 6.61 Å². The molecule has 7 heteroatoms. The van der Waals surface area contributed by atoms with E-state index in [-0.39, 0.29) is 11.9 Å². The standard InChI is InChI=1S/C19H23N3O3S/c1-24-18-6-12(3-5-17(18)25-9-14-10-26-11-21-14)19(23)22-7-13-2-4-16(20)15(13)8-22/h3,5-6,10-11,13,15-16H,2,4,7-9,20H2,1H3. The van der Waals surface area contributed by atoms with Gasteiger partial charge in [-0.1, -0.05) is 0 Å². The molecule has 0 radical (unpaired) electrons. The van der Waals surface area contributed by atoms with Crippen LogP contribution in [0.25, 0.3) is 0 Å². The van der Waals surface area contributed by atoms with Crippen LogP contribution in [0.5, 0.6) is 11.5 Å². The average Bonchev–Trinajstić information content (AvgIpc) is 3.38. The molecule has 4 rings (SSSR count). The van der Waals surface area contributed by atoms with Crippen LogP contribution in [-0.4, -0.2) is 42.0 Å². The van der Waals surface area contributed by atoms with E-state index in [1.165, 1.54) is 11.3 Å². The van der Waals surface area contributed by atoms with E-state index in [0.29, 0.717) is 35.5 Å². The fraction of sp³-hybridized carbons (Fsp3) is 0.474. The predicted molar refractivity (Wildman–Crippen MR) is 99.5 cm³/mol. The molecule has 2 aliphatic rings. The van der Waals surface area contributed by atoms with Gasteiger partial charge >= 0.3 is 0 Å². The monoisotopic (exact) mass is 373 g/mol. The number of rotatable bonds is 5. The Morgan fingerprint density at radius 2 is 2.23 bits per heavy atom. The Hall–Kier alpha value is -2.12. The second-order valence-electron chi connectivity index (χ2n) is 7.01. The normalized spacial score (nSPS) is 24.5. The molecule has 0 spiro atoms. The molecule has 2 N–H and O–H groups in total. The van der Waals surface area contributed by atoms with Crippen LogP contribution in [-0.2, 0) is 6.61 Å². The number of carbonyl (C=O) groups excluding carboxylic acids is 1. The Kier molecular flexibility index (Phi) is 4.82. The van der Waals surface area contributed by atoms with E-state index in [4.69, 9.17) is 15.2 Å². The van der Waals surface area contributed by atoms with Gasteiger partial charge in [-0.2, -0.15) is 0 Å². The van der Waals surface area contributed by atoms with Gasteiger partial charge in [0, 0.05) is 30.1 Å². The molecular weight excluding hydrogens is 350 g/mol. The number of carbonyl (C=O) groups is 1. The van der Waals surface area contributed by atoms with E-state index in [2.05, 4.69) is 4.98 Å². The van der Waals surface area contributed by atoms with Crippen LogP contribution in [0.2, 0.25) is 0 Å². The molecule has 3 atom stereocenters. The first-order chi connectivity index (χ1) is 12.7. The highest BCUT2D eigenvalue weighted by Gasteiger charge is 2.42. The molecule has 2 aromatic rings. The zero-order valence-corrected chi connectivity index (χ0v) is 15.6. The minimum Gasteiger partial charge on any atom is -0.493 e. The maximum absolute atomic E-state index is 12.9. The first-order valence-corrected chi connectivity index (χ1v) is 9.82. The zero-order valence-electron chi connectivity index (χ0n) is 14.8. The van der Waals surface area contributed by atoms with E-state index in [9.17, 15) is 4.79 Å². The minimum atomic E-state index is 0.0379. The summed E-state index contributed by atoms with van der Waals surface area (Å²) >= 11 is 1.53. The van der Waals surface area contributed by atoms with Crippen molar-refractivity contribution in [2.75, 3.05) is 20.2 Å². The lowest BCUT2D eigenvalue weighted by Gasteiger charge is -2.19. The summed E-state index contributed by atoms with van der Waals surface area (Å²) in [5.41, 5.74) is 9.45. The Morgan fingerprint density at radius 3 is 2.96 bits per heavy atom. The van der Waals surface area contributed by atoms with Crippen molar-refractivity contribution < 1.29 is 14.3 Å². The van der Waals surface area contributed by atoms with E-state index in [0.717, 1.165) is 31.6 Å². The number of nitrogens with two attached hydrogens (primary N) is 1. The molecule has 2 heterocycles. The Labute approximate surface area is 156 Å². The fourth-order valence-corrected chi connectivity index (χ4v) is 4.58. The van der Waals surface area contributed by atoms with Crippen LogP contribution in [0.1, 0.15) is 28.9 Å². The second-order valence-corrected chi connectivity index (χ2v) is 7.73. The first-order valence-electron chi connectivity index (χ1n) is 8.88. The topological polar surface area (TPSA) is 77.7 Å². The summed E-state index contributed by atoms with van der Waals surface area (Å²) in [7, 11) is 1.58. The van der Waals surface area contributed by atoms with Crippen LogP contribution in [0.3, 0.4) is 0 Å². The van der Waals surface area contributed by atoms with Crippen LogP contribution in [0.15, 0.2) is 29.1 Å². The third kappa shape index (κ3) is 3.29. The number of fused-ring (bicyclic) bond motifs is 1. The summed E-state index contributed by atoms with van der Waals surface area (Å²) in [6, 6.07) is 5.58. The van der Waals surface area contributed by atoms with Crippen molar-refractivity contribution in [1.29, 1.82) is 0 Å². The van der Waals surface area contributed by atoms with Gasteiger partial charge in [-0.3, -0.25) is 4.79 Å². The number of amides is 1. The molecule has 2 fully saturated rings. The molecule has 1 aliphatic heterocycles. The van der Waals surface area contributed by atoms with E-state index in [1.54, 1.807) is 30.8 Å².